The van der Waals surface area contributed by atoms with E-state index in [1.54, 1.807) is 13.3 Å². The van der Waals surface area contributed by atoms with Crippen molar-refractivity contribution in [2.45, 2.75) is 52.8 Å². The van der Waals surface area contributed by atoms with Crippen LogP contribution in [-0.4, -0.2) is 36.1 Å². The molecule has 0 saturated carbocycles. The summed E-state index contributed by atoms with van der Waals surface area (Å²) in [4.78, 5) is 0. The van der Waals surface area contributed by atoms with Crippen molar-refractivity contribution < 1.29 is 9.47 Å². The van der Waals surface area contributed by atoms with Crippen LogP contribution in [-0.2, 0) is 4.74 Å². The fraction of sp³-hybridized carbons (Fsp3) is 0.786. The highest BCUT2D eigenvalue weighted by molar-refractivity contribution is 5.29. The quantitative estimate of drug-likeness (QED) is 0.788. The summed E-state index contributed by atoms with van der Waals surface area (Å²) in [6, 6.07) is 0.360. The normalized spacial score (nSPS) is 14.7. The summed E-state index contributed by atoms with van der Waals surface area (Å²) in [7, 11) is 1.68. The number of hydrogen-bond acceptors (Lipinski definition) is 4. The predicted octanol–water partition coefficient (Wildman–Crippen LogP) is 2.55. The Bertz CT molecular complexity index is 377. The van der Waals surface area contributed by atoms with Crippen molar-refractivity contribution in [3.8, 4) is 5.75 Å². The lowest BCUT2D eigenvalue weighted by atomic mass is 10.1. The van der Waals surface area contributed by atoms with E-state index in [1.165, 1.54) is 0 Å². The van der Waals surface area contributed by atoms with Gasteiger partial charge in [0, 0.05) is 12.6 Å². The third-order valence-electron chi connectivity index (χ3n) is 3.13. The highest BCUT2D eigenvalue weighted by atomic mass is 16.5. The minimum atomic E-state index is 0.0630. The van der Waals surface area contributed by atoms with Crippen molar-refractivity contribution in [1.29, 1.82) is 0 Å². The Balaban J connectivity index is 3.15. The van der Waals surface area contributed by atoms with Gasteiger partial charge in [0.2, 0.25) is 0 Å². The molecule has 0 saturated heterocycles. The van der Waals surface area contributed by atoms with E-state index in [-0.39, 0.29) is 18.2 Å². The molecule has 1 aromatic rings. The van der Waals surface area contributed by atoms with Gasteiger partial charge in [-0.15, -0.1) is 0 Å². The number of nitrogens with zero attached hydrogens (tertiary/aromatic N) is 2. The molecule has 0 bridgehead atoms. The van der Waals surface area contributed by atoms with Crippen LogP contribution in [0, 0.1) is 0 Å². The topological polar surface area (TPSA) is 48.3 Å². The van der Waals surface area contributed by atoms with Crippen LogP contribution in [0.5, 0.6) is 5.75 Å². The molecule has 19 heavy (non-hydrogen) atoms. The van der Waals surface area contributed by atoms with Gasteiger partial charge in [-0.25, -0.2) is 0 Å². The third kappa shape index (κ3) is 3.70. The molecule has 0 spiro atoms. The zero-order chi connectivity index (χ0) is 14.4. The maximum atomic E-state index is 5.76. The lowest BCUT2D eigenvalue weighted by Crippen LogP contribution is -2.34. The van der Waals surface area contributed by atoms with Crippen LogP contribution in [0.2, 0.25) is 0 Å². The zero-order valence-electron chi connectivity index (χ0n) is 12.9. The maximum absolute atomic E-state index is 5.76. The number of hydrogen-bond donors (Lipinski definition) is 1. The fourth-order valence-electron chi connectivity index (χ4n) is 2.28. The van der Waals surface area contributed by atoms with Crippen molar-refractivity contribution >= 4 is 0 Å². The molecule has 0 aliphatic carbocycles. The molecule has 0 fully saturated rings. The molecule has 2 unspecified atom stereocenters. The molecule has 0 aliphatic rings. The summed E-state index contributed by atoms with van der Waals surface area (Å²) in [5.74, 6) is 0.811. The Hall–Kier alpha value is -1.07. The van der Waals surface area contributed by atoms with E-state index in [1.807, 2.05) is 11.6 Å². The molecule has 0 aliphatic heterocycles. The summed E-state index contributed by atoms with van der Waals surface area (Å²) in [6.07, 6.45) is 1.84. The average molecular weight is 269 g/mol. The van der Waals surface area contributed by atoms with Crippen LogP contribution in [0.1, 0.15) is 52.4 Å². The Labute approximate surface area is 116 Å². The van der Waals surface area contributed by atoms with E-state index in [2.05, 4.69) is 38.1 Å². The molecule has 0 aromatic carbocycles. The van der Waals surface area contributed by atoms with Gasteiger partial charge in [-0.1, -0.05) is 6.92 Å². The smallest absolute Gasteiger partial charge is 0.161 e. The average Bonchev–Trinajstić information content (AvgIpc) is 2.79. The van der Waals surface area contributed by atoms with E-state index in [0.717, 1.165) is 18.0 Å². The predicted molar refractivity (Wildman–Crippen MR) is 76.7 cm³/mol. The lowest BCUT2D eigenvalue weighted by molar-refractivity contribution is 0.0443. The van der Waals surface area contributed by atoms with Gasteiger partial charge in [0.05, 0.1) is 25.5 Å². The summed E-state index contributed by atoms with van der Waals surface area (Å²) < 4.78 is 13.2. The summed E-state index contributed by atoms with van der Waals surface area (Å²) in [5.41, 5.74) is 1.06. The monoisotopic (exact) mass is 269 g/mol. The van der Waals surface area contributed by atoms with Crippen LogP contribution in [0.15, 0.2) is 6.20 Å². The van der Waals surface area contributed by atoms with E-state index >= 15 is 0 Å². The molecular formula is C14H27N3O2. The van der Waals surface area contributed by atoms with Gasteiger partial charge in [0.25, 0.3) is 0 Å². The molecule has 1 heterocycles. The van der Waals surface area contributed by atoms with Gasteiger partial charge in [-0.3, -0.25) is 4.68 Å². The molecule has 1 aromatic heterocycles. The number of ether oxygens (including phenoxy) is 2. The van der Waals surface area contributed by atoms with Crippen molar-refractivity contribution in [3.63, 3.8) is 0 Å². The van der Waals surface area contributed by atoms with Gasteiger partial charge in [0.15, 0.2) is 5.75 Å². The van der Waals surface area contributed by atoms with E-state index in [9.17, 15) is 0 Å². The summed E-state index contributed by atoms with van der Waals surface area (Å²) >= 11 is 0. The zero-order valence-corrected chi connectivity index (χ0v) is 12.9. The Morgan fingerprint density at radius 2 is 2.00 bits per heavy atom. The van der Waals surface area contributed by atoms with Crippen molar-refractivity contribution in [1.82, 2.24) is 15.1 Å². The molecular weight excluding hydrogens is 242 g/mol. The number of aromatic nitrogens is 2. The molecule has 1 N–H and O–H groups in total. The first kappa shape index (κ1) is 16.0. The Kier molecular flexibility index (Phi) is 6.31. The number of nitrogens with one attached hydrogen (secondary N) is 1. The molecule has 1 rings (SSSR count). The minimum Gasteiger partial charge on any atom is -0.493 e. The van der Waals surface area contributed by atoms with Gasteiger partial charge in [-0.05, 0) is 34.2 Å². The first-order valence-corrected chi connectivity index (χ1v) is 7.03. The highest BCUT2D eigenvalue weighted by Crippen LogP contribution is 2.30. The fourth-order valence-corrected chi connectivity index (χ4v) is 2.28. The van der Waals surface area contributed by atoms with Crippen molar-refractivity contribution in [3.05, 3.63) is 11.9 Å². The van der Waals surface area contributed by atoms with E-state index in [0.29, 0.717) is 6.61 Å². The second-order valence-corrected chi connectivity index (χ2v) is 4.83. The van der Waals surface area contributed by atoms with Gasteiger partial charge >= 0.3 is 0 Å². The van der Waals surface area contributed by atoms with Crippen LogP contribution in [0.3, 0.4) is 0 Å². The Morgan fingerprint density at radius 1 is 1.32 bits per heavy atom. The van der Waals surface area contributed by atoms with Gasteiger partial charge in [0.1, 0.15) is 5.69 Å². The van der Waals surface area contributed by atoms with Crippen LogP contribution >= 0.6 is 0 Å². The first-order valence-electron chi connectivity index (χ1n) is 7.03. The maximum Gasteiger partial charge on any atom is 0.161 e. The largest absolute Gasteiger partial charge is 0.493 e. The molecule has 2 atom stereocenters. The molecule has 5 heteroatoms. The minimum absolute atomic E-state index is 0.0630. The van der Waals surface area contributed by atoms with Crippen molar-refractivity contribution in [2.24, 2.45) is 0 Å². The first-order chi connectivity index (χ1) is 9.06. The van der Waals surface area contributed by atoms with Gasteiger partial charge in [-0.2, -0.15) is 5.10 Å². The second kappa shape index (κ2) is 7.50. The van der Waals surface area contributed by atoms with Crippen LogP contribution in [0.4, 0.5) is 0 Å². The second-order valence-electron chi connectivity index (χ2n) is 4.83. The molecule has 0 amide bonds. The van der Waals surface area contributed by atoms with Crippen LogP contribution < -0.4 is 10.1 Å². The Morgan fingerprint density at radius 3 is 2.47 bits per heavy atom. The SMILES string of the molecule is CCNC(c1c(OC)cnn1C(C)C)C(C)OCC. The van der Waals surface area contributed by atoms with E-state index < -0.39 is 0 Å². The number of likely N-dealkylation sites (N-methyl/N-ethyl adjacent to an activating group) is 1. The van der Waals surface area contributed by atoms with Crippen molar-refractivity contribution in [2.75, 3.05) is 20.3 Å². The number of methoxy groups -OCH3 is 1. The molecule has 110 valence electrons. The number of rotatable bonds is 8. The molecule has 0 radical (unpaired) electrons. The highest BCUT2D eigenvalue weighted by Gasteiger charge is 2.27. The summed E-state index contributed by atoms with van der Waals surface area (Å²) in [6.45, 7) is 12.0. The third-order valence-corrected chi connectivity index (χ3v) is 3.13. The van der Waals surface area contributed by atoms with E-state index in [4.69, 9.17) is 9.47 Å². The lowest BCUT2D eigenvalue weighted by Gasteiger charge is -2.27. The summed E-state index contributed by atoms with van der Waals surface area (Å²) in [5, 5.41) is 7.90. The standard InChI is InChI=1S/C14H27N3O2/c1-7-15-13(11(5)19-8-2)14-12(18-6)9-16-17(14)10(3)4/h9-11,13,15H,7-8H2,1-6H3. The van der Waals surface area contributed by atoms with Gasteiger partial charge < -0.3 is 14.8 Å². The van der Waals surface area contributed by atoms with Crippen LogP contribution in [0.25, 0.3) is 0 Å². The molecule has 5 nitrogen and oxygen atoms in total.